The molecule has 1 aliphatic rings. The number of hydrogen-bond donors (Lipinski definition) is 2. The Morgan fingerprint density at radius 2 is 1.88 bits per heavy atom. The van der Waals surface area contributed by atoms with Gasteiger partial charge in [-0.2, -0.15) is 18.9 Å². The van der Waals surface area contributed by atoms with E-state index in [4.69, 9.17) is 10.8 Å². The van der Waals surface area contributed by atoms with Crippen molar-refractivity contribution in [1.82, 2.24) is 4.90 Å². The third-order valence-corrected chi connectivity index (χ3v) is 4.03. The van der Waals surface area contributed by atoms with Crippen LogP contribution in [-0.2, 0) is 9.59 Å². The van der Waals surface area contributed by atoms with E-state index in [9.17, 15) is 9.59 Å². The maximum atomic E-state index is 10.3. The van der Waals surface area contributed by atoms with Crippen LogP contribution in [-0.4, -0.2) is 42.9 Å². The normalized spacial score (nSPS) is 13.4. The molecule has 1 fully saturated rings. The molecule has 6 heteroatoms. The number of benzene rings is 1. The number of hydrogen-bond acceptors (Lipinski definition) is 4. The molecule has 0 radical (unpaired) electrons. The Morgan fingerprint density at radius 1 is 1.38 bits per heavy atom. The Bertz CT molecular complexity index is 542. The van der Waals surface area contributed by atoms with Gasteiger partial charge >= 0.3 is 57.4 Å². The molecule has 0 unspecified atom stereocenters. The second-order valence-electron chi connectivity index (χ2n) is 6.34. The summed E-state index contributed by atoms with van der Waals surface area (Å²) in [6, 6.07) is 3.35. The molecule has 0 bridgehead atoms. The fraction of sp³-hybridized carbons (Fsp3) is 0.500. The van der Waals surface area contributed by atoms with Gasteiger partial charge in [-0.15, -0.1) is 6.07 Å². The van der Waals surface area contributed by atoms with Gasteiger partial charge in [0, 0.05) is 0 Å². The maximum Gasteiger partial charge on any atom is 1.00 e. The van der Waals surface area contributed by atoms with E-state index in [1.807, 2.05) is 6.92 Å². The van der Waals surface area contributed by atoms with Crippen LogP contribution in [0.5, 0.6) is 0 Å². The first kappa shape index (κ1) is 27.8. The van der Waals surface area contributed by atoms with Crippen LogP contribution in [0.25, 0.3) is 0 Å². The Morgan fingerprint density at radius 3 is 2.23 bits per heavy atom. The van der Waals surface area contributed by atoms with E-state index in [1.54, 1.807) is 18.4 Å². The first-order valence-corrected chi connectivity index (χ1v) is 8.52. The zero-order valence-electron chi connectivity index (χ0n) is 16.8. The Balaban J connectivity index is 0. The topological polar surface area (TPSA) is 83.6 Å². The van der Waals surface area contributed by atoms with Crippen molar-refractivity contribution < 1.29 is 66.1 Å². The Kier molecular flexibility index (Phi) is 16.8. The molecule has 3 N–H and O–H groups in total. The Hall–Kier alpha value is -0.374. The first-order chi connectivity index (χ1) is 11.7. The quantitative estimate of drug-likeness (QED) is 0.442. The smallest absolute Gasteiger partial charge is 0.481 e. The molecule has 2 rings (SSSR count). The van der Waals surface area contributed by atoms with Crippen LogP contribution in [0.15, 0.2) is 12.1 Å². The molecule has 5 nitrogen and oxygen atoms in total. The van der Waals surface area contributed by atoms with E-state index < -0.39 is 5.97 Å². The van der Waals surface area contributed by atoms with Crippen LogP contribution >= 0.6 is 0 Å². The van der Waals surface area contributed by atoms with Gasteiger partial charge in [0.1, 0.15) is 0 Å². The maximum absolute atomic E-state index is 10.3. The van der Waals surface area contributed by atoms with E-state index >= 15 is 0 Å². The summed E-state index contributed by atoms with van der Waals surface area (Å²) >= 11 is 0. The van der Waals surface area contributed by atoms with Crippen molar-refractivity contribution in [2.45, 2.75) is 39.5 Å². The minimum absolute atomic E-state index is 0. The third-order valence-electron chi connectivity index (χ3n) is 4.03. The summed E-state index contributed by atoms with van der Waals surface area (Å²) in [6.07, 6.45) is 7.60. The molecule has 0 heterocycles. The molecule has 1 aromatic carbocycles. The molecule has 0 atom stereocenters. The van der Waals surface area contributed by atoms with Crippen molar-refractivity contribution in [3.05, 3.63) is 42.2 Å². The molecule has 1 aromatic rings. The van der Waals surface area contributed by atoms with E-state index in [2.05, 4.69) is 39.3 Å². The van der Waals surface area contributed by atoms with Crippen molar-refractivity contribution in [3.8, 4) is 0 Å². The second-order valence-corrected chi connectivity index (χ2v) is 6.34. The minimum Gasteiger partial charge on any atom is -0.481 e. The van der Waals surface area contributed by atoms with Crippen molar-refractivity contribution in [2.75, 3.05) is 26.4 Å². The first-order valence-electron chi connectivity index (χ1n) is 8.52. The van der Waals surface area contributed by atoms with Gasteiger partial charge in [0.2, 0.25) is 0 Å². The van der Waals surface area contributed by atoms with Crippen LogP contribution in [0.1, 0.15) is 49.3 Å². The van der Waals surface area contributed by atoms with Crippen molar-refractivity contribution in [2.24, 2.45) is 5.92 Å². The molecule has 0 amide bonds. The van der Waals surface area contributed by atoms with Crippen LogP contribution in [0.4, 0.5) is 5.69 Å². The monoisotopic (exact) mass is 386 g/mol. The van der Waals surface area contributed by atoms with Crippen molar-refractivity contribution in [3.63, 3.8) is 0 Å². The molecular weight excluding hydrogens is 355 g/mol. The van der Waals surface area contributed by atoms with Gasteiger partial charge in [-0.3, -0.25) is 22.8 Å². The molecule has 0 saturated heterocycles. The number of anilines is 1. The van der Waals surface area contributed by atoms with Gasteiger partial charge in [-0.25, -0.2) is 5.56 Å². The number of nitrogens with two attached hydrogens (primary N) is 1. The number of nitrogen functional groups attached to an aromatic ring is 1. The van der Waals surface area contributed by atoms with E-state index in [-0.39, 0.29) is 57.3 Å². The van der Waals surface area contributed by atoms with E-state index in [1.165, 1.54) is 0 Å². The largest absolute Gasteiger partial charge is 1.00 e. The standard InChI is InChI=1S/C9H9NO.C7H11O2.C4H11N.K/c1-6-3-9(10)4-8(5-11)7(6)2;8-7(9)6-4-2-1-3-5-6;1-4-5(2)3;/h3-4H,2,10H2,1H3;1,6H,2-5H2,(H,8,9);4H2,1-3H3;/q-2;-1;;+1. The second kappa shape index (κ2) is 15.7. The van der Waals surface area contributed by atoms with Crippen LogP contribution in [0, 0.1) is 26.2 Å². The molecule has 0 spiro atoms. The molecule has 26 heavy (non-hydrogen) atoms. The zero-order valence-corrected chi connectivity index (χ0v) is 20.0. The summed E-state index contributed by atoms with van der Waals surface area (Å²) in [5, 5.41) is 8.52. The van der Waals surface area contributed by atoms with E-state index in [0.29, 0.717) is 16.8 Å². The molecule has 142 valence electrons. The number of rotatable bonds is 3. The van der Waals surface area contributed by atoms with Gasteiger partial charge in [0.25, 0.3) is 0 Å². The third kappa shape index (κ3) is 12.1. The fourth-order valence-corrected chi connectivity index (χ4v) is 2.11. The van der Waals surface area contributed by atoms with Crippen molar-refractivity contribution >= 4 is 17.9 Å². The van der Waals surface area contributed by atoms with Gasteiger partial charge in [0.05, 0.1) is 5.92 Å². The molecule has 1 saturated carbocycles. The summed E-state index contributed by atoms with van der Waals surface area (Å²) in [4.78, 5) is 22.8. The summed E-state index contributed by atoms with van der Waals surface area (Å²) < 4.78 is 0. The summed E-state index contributed by atoms with van der Waals surface area (Å²) in [6.45, 7) is 8.84. The number of carboxylic acid groups (broad SMARTS) is 1. The van der Waals surface area contributed by atoms with Gasteiger partial charge in [-0.1, -0.05) is 26.7 Å². The predicted octanol–water partition coefficient (Wildman–Crippen LogP) is 0.255. The zero-order chi connectivity index (χ0) is 19.4. The SMILES string of the molecule is CCN(C)C.O=C(O)C1CC[CH-]CC1.[CH2-]c1c(C)cc(N)cc1[C-]=O.[K+]. The summed E-state index contributed by atoms with van der Waals surface area (Å²) in [7, 11) is 4.11. The minimum atomic E-state index is -0.622. The number of nitrogens with zero attached hydrogens (tertiary/aromatic N) is 1. The average Bonchev–Trinajstić information content (AvgIpc) is 2.59. The fourth-order valence-electron chi connectivity index (χ4n) is 2.11. The number of carbonyl (C=O) groups excluding carboxylic acids is 1. The number of carboxylic acids is 1. The number of aryl methyl sites for hydroxylation is 1. The van der Waals surface area contributed by atoms with Crippen LogP contribution in [0.2, 0.25) is 0 Å². The predicted molar refractivity (Wildman–Crippen MR) is 103 cm³/mol. The number of aliphatic carboxylic acids is 1. The van der Waals surface area contributed by atoms with Gasteiger partial charge in [-0.05, 0) is 32.6 Å². The van der Waals surface area contributed by atoms with Crippen molar-refractivity contribution in [1.29, 1.82) is 0 Å². The molecule has 0 aromatic heterocycles. The summed E-state index contributed by atoms with van der Waals surface area (Å²) in [5.41, 5.74) is 8.14. The molecular formula is C20H31KN2O3-2. The van der Waals surface area contributed by atoms with Gasteiger partial charge < -0.3 is 27.0 Å². The van der Waals surface area contributed by atoms with Crippen LogP contribution < -0.4 is 57.1 Å². The van der Waals surface area contributed by atoms with Gasteiger partial charge in [0.15, 0.2) is 0 Å². The summed E-state index contributed by atoms with van der Waals surface area (Å²) in [5.74, 6) is -0.682. The van der Waals surface area contributed by atoms with E-state index in [0.717, 1.165) is 37.8 Å². The Labute approximate surface area is 201 Å². The van der Waals surface area contributed by atoms with Crippen LogP contribution in [0.3, 0.4) is 0 Å². The molecule has 1 aliphatic carbocycles. The molecule has 0 aliphatic heterocycles. The number of carbonyl (C=O) groups is 1. The average molecular weight is 387 g/mol.